The molecule has 0 aliphatic carbocycles. The lowest BCUT2D eigenvalue weighted by molar-refractivity contribution is -0.00998. The molecule has 2 heterocycles. The van der Waals surface area contributed by atoms with E-state index in [1.165, 1.54) is 4.31 Å². The summed E-state index contributed by atoms with van der Waals surface area (Å²) >= 11 is 0. The van der Waals surface area contributed by atoms with E-state index >= 15 is 0 Å². The lowest BCUT2D eigenvalue weighted by Gasteiger charge is -2.38. The quantitative estimate of drug-likeness (QED) is 0.274. The van der Waals surface area contributed by atoms with E-state index in [1.54, 1.807) is 31.4 Å². The van der Waals surface area contributed by atoms with Crippen LogP contribution in [0.1, 0.15) is 48.2 Å². The van der Waals surface area contributed by atoms with Crippen molar-refractivity contribution in [3.05, 3.63) is 58.9 Å². The second kappa shape index (κ2) is 13.3. The van der Waals surface area contributed by atoms with Crippen LogP contribution in [0.4, 0.5) is 0 Å². The molecule has 1 aromatic carbocycles. The predicted octanol–water partition coefficient (Wildman–Crippen LogP) is 3.38. The van der Waals surface area contributed by atoms with Crippen LogP contribution in [0, 0.1) is 13.8 Å². The summed E-state index contributed by atoms with van der Waals surface area (Å²) in [6, 6.07) is 10.0. The highest BCUT2D eigenvalue weighted by Gasteiger charge is 2.38. The number of nitrogens with zero attached hydrogens (tertiary/aromatic N) is 2. The summed E-state index contributed by atoms with van der Waals surface area (Å²) in [6.07, 6.45) is 4.44. The molecule has 1 aliphatic heterocycles. The number of methoxy groups -OCH3 is 1. The van der Waals surface area contributed by atoms with Crippen molar-refractivity contribution in [2.24, 2.45) is 0 Å². The summed E-state index contributed by atoms with van der Waals surface area (Å²) in [5.41, 5.74) is 3.85. The Labute approximate surface area is 221 Å². The highest BCUT2D eigenvalue weighted by atomic mass is 32.2. The minimum absolute atomic E-state index is 0.113. The van der Waals surface area contributed by atoms with Crippen molar-refractivity contribution < 1.29 is 30.5 Å². The van der Waals surface area contributed by atoms with Gasteiger partial charge in [-0.2, -0.15) is 12.7 Å². The molecule has 2 atom stereocenters. The van der Waals surface area contributed by atoms with Gasteiger partial charge in [-0.1, -0.05) is 17.7 Å². The molecule has 0 N–H and O–H groups in total. The third kappa shape index (κ3) is 9.12. The van der Waals surface area contributed by atoms with Gasteiger partial charge in [0, 0.05) is 31.6 Å². The maximum Gasteiger partial charge on any atom is 0.264 e. The molecular weight excluding hydrogens is 516 g/mol. The minimum Gasteiger partial charge on any atom is -0.385 e. The van der Waals surface area contributed by atoms with Crippen molar-refractivity contribution >= 4 is 20.1 Å². The first-order valence-electron chi connectivity index (χ1n) is 12.5. The van der Waals surface area contributed by atoms with Gasteiger partial charge in [-0.3, -0.25) is 9.17 Å². The summed E-state index contributed by atoms with van der Waals surface area (Å²) < 4.78 is 67.9. The van der Waals surface area contributed by atoms with Crippen molar-refractivity contribution in [3.8, 4) is 0 Å². The van der Waals surface area contributed by atoms with E-state index < -0.39 is 26.2 Å². The molecule has 0 bridgehead atoms. The number of rotatable bonds is 13. The SMILES string of the molecule is COCCCCc1cc(CO[C@@H]2CC[C@@H](COS(C)(=O)=O)N(S(=O)(=O)c3ccc(C)cc3)C2)cc(C)n1. The second-order valence-corrected chi connectivity index (χ2v) is 13.1. The second-order valence-electron chi connectivity index (χ2n) is 9.60. The molecule has 1 saturated heterocycles. The molecule has 1 fully saturated rings. The molecular formula is C26H38N2O7S2. The van der Waals surface area contributed by atoms with Gasteiger partial charge in [-0.25, -0.2) is 8.42 Å². The third-order valence-electron chi connectivity index (χ3n) is 6.30. The Morgan fingerprint density at radius 1 is 1.03 bits per heavy atom. The van der Waals surface area contributed by atoms with E-state index in [4.69, 9.17) is 13.7 Å². The van der Waals surface area contributed by atoms with Crippen molar-refractivity contribution in [2.45, 2.75) is 69.6 Å². The molecule has 1 aliphatic rings. The highest BCUT2D eigenvalue weighted by molar-refractivity contribution is 7.89. The van der Waals surface area contributed by atoms with Crippen LogP contribution in [0.5, 0.6) is 0 Å². The number of sulfonamides is 1. The van der Waals surface area contributed by atoms with Crippen molar-refractivity contribution in [3.63, 3.8) is 0 Å². The number of aryl methyl sites for hydroxylation is 3. The zero-order chi connectivity index (χ0) is 27.1. The third-order valence-corrected chi connectivity index (χ3v) is 8.79. The fourth-order valence-electron chi connectivity index (χ4n) is 4.40. The van der Waals surface area contributed by atoms with Gasteiger partial charge in [0.2, 0.25) is 10.0 Å². The fraction of sp³-hybridized carbons (Fsp3) is 0.577. The van der Waals surface area contributed by atoms with Gasteiger partial charge < -0.3 is 9.47 Å². The van der Waals surface area contributed by atoms with E-state index in [1.807, 2.05) is 26.0 Å². The molecule has 2 aromatic rings. The first-order chi connectivity index (χ1) is 17.5. The molecule has 0 unspecified atom stereocenters. The lowest BCUT2D eigenvalue weighted by atomic mass is 10.0. The number of hydrogen-bond donors (Lipinski definition) is 0. The zero-order valence-electron chi connectivity index (χ0n) is 22.1. The largest absolute Gasteiger partial charge is 0.385 e. The maximum absolute atomic E-state index is 13.5. The molecule has 0 saturated carbocycles. The van der Waals surface area contributed by atoms with Crippen molar-refractivity contribution in [1.29, 1.82) is 0 Å². The Kier molecular flexibility index (Phi) is 10.6. The van der Waals surface area contributed by atoms with E-state index in [2.05, 4.69) is 4.98 Å². The molecule has 0 amide bonds. The van der Waals surface area contributed by atoms with Crippen LogP contribution in [0.25, 0.3) is 0 Å². The van der Waals surface area contributed by atoms with Crippen LogP contribution in [0.3, 0.4) is 0 Å². The summed E-state index contributed by atoms with van der Waals surface area (Å²) in [7, 11) is -5.89. The van der Waals surface area contributed by atoms with Gasteiger partial charge >= 0.3 is 0 Å². The zero-order valence-corrected chi connectivity index (χ0v) is 23.7. The highest BCUT2D eigenvalue weighted by Crippen LogP contribution is 2.28. The molecule has 0 spiro atoms. The predicted molar refractivity (Wildman–Crippen MR) is 141 cm³/mol. The number of pyridine rings is 1. The van der Waals surface area contributed by atoms with E-state index in [0.29, 0.717) is 19.4 Å². The Hall–Kier alpha value is -1.89. The Morgan fingerprint density at radius 3 is 2.43 bits per heavy atom. The van der Waals surface area contributed by atoms with Crippen LogP contribution < -0.4 is 0 Å². The summed E-state index contributed by atoms with van der Waals surface area (Å²) in [4.78, 5) is 4.77. The smallest absolute Gasteiger partial charge is 0.264 e. The van der Waals surface area contributed by atoms with Gasteiger partial charge in [-0.05, 0) is 75.8 Å². The molecule has 9 nitrogen and oxygen atoms in total. The van der Waals surface area contributed by atoms with Gasteiger partial charge in [0.15, 0.2) is 0 Å². The molecule has 206 valence electrons. The summed E-state index contributed by atoms with van der Waals surface area (Å²) in [5, 5.41) is 0. The number of aromatic nitrogens is 1. The van der Waals surface area contributed by atoms with Gasteiger partial charge in [0.1, 0.15) is 0 Å². The van der Waals surface area contributed by atoms with Crippen LogP contribution >= 0.6 is 0 Å². The van der Waals surface area contributed by atoms with Gasteiger partial charge in [0.05, 0.1) is 36.5 Å². The van der Waals surface area contributed by atoms with Crippen molar-refractivity contribution in [1.82, 2.24) is 9.29 Å². The van der Waals surface area contributed by atoms with E-state index in [0.717, 1.165) is 54.6 Å². The normalized spacial score (nSPS) is 19.2. The van der Waals surface area contributed by atoms with Crippen LogP contribution in [0.15, 0.2) is 41.3 Å². The fourth-order valence-corrected chi connectivity index (χ4v) is 6.48. The summed E-state index contributed by atoms with van der Waals surface area (Å²) in [6.45, 7) is 4.78. The van der Waals surface area contributed by atoms with Gasteiger partial charge in [0.25, 0.3) is 10.1 Å². The molecule has 11 heteroatoms. The first kappa shape index (κ1) is 29.7. The number of benzene rings is 1. The molecule has 3 rings (SSSR count). The van der Waals surface area contributed by atoms with Crippen LogP contribution in [-0.2, 0) is 46.8 Å². The summed E-state index contributed by atoms with van der Waals surface area (Å²) in [5.74, 6) is 0. The number of unbranched alkanes of at least 4 members (excludes halogenated alkanes) is 1. The van der Waals surface area contributed by atoms with Crippen molar-refractivity contribution in [2.75, 3.05) is 33.1 Å². The first-order valence-corrected chi connectivity index (χ1v) is 15.7. The molecule has 0 radical (unpaired) electrons. The van der Waals surface area contributed by atoms with E-state index in [9.17, 15) is 16.8 Å². The minimum atomic E-state index is -3.88. The topological polar surface area (TPSA) is 112 Å². The molecule has 37 heavy (non-hydrogen) atoms. The monoisotopic (exact) mass is 554 g/mol. The number of hydrogen-bond acceptors (Lipinski definition) is 8. The standard InChI is InChI=1S/C26H38N2O7S2/c1-20-8-12-26(13-9-20)37(31,32)28-17-25(11-10-24(28)19-35-36(4,29)30)34-18-22-15-21(2)27-23(16-22)7-5-6-14-33-3/h8-9,12-13,15-16,24-25H,5-7,10-11,14,17-19H2,1-4H3/t24-,25+/m0/s1. The Morgan fingerprint density at radius 2 is 1.76 bits per heavy atom. The Bertz CT molecular complexity index is 1230. The lowest BCUT2D eigenvalue weighted by Crippen LogP contribution is -2.51. The average Bonchev–Trinajstić information content (AvgIpc) is 2.84. The average molecular weight is 555 g/mol. The number of piperidine rings is 1. The molecule has 1 aromatic heterocycles. The number of ether oxygens (including phenoxy) is 2. The Balaban J connectivity index is 1.72. The van der Waals surface area contributed by atoms with Gasteiger partial charge in [-0.15, -0.1) is 0 Å². The maximum atomic E-state index is 13.5. The van der Waals surface area contributed by atoms with Crippen LogP contribution in [-0.4, -0.2) is 71.4 Å². The van der Waals surface area contributed by atoms with Crippen LogP contribution in [0.2, 0.25) is 0 Å². The van der Waals surface area contributed by atoms with E-state index in [-0.39, 0.29) is 24.2 Å².